The lowest BCUT2D eigenvalue weighted by Gasteiger charge is -2.23. The minimum Gasteiger partial charge on any atom is -0.392 e. The summed E-state index contributed by atoms with van der Waals surface area (Å²) in [5.41, 5.74) is 3.46. The van der Waals surface area contributed by atoms with Gasteiger partial charge in [-0.1, -0.05) is 19.9 Å². The largest absolute Gasteiger partial charge is 0.392 e. The van der Waals surface area contributed by atoms with Crippen LogP contribution in [0.15, 0.2) is 36.5 Å². The number of aliphatic hydroxyl groups is 1. The zero-order valence-corrected chi connectivity index (χ0v) is 15.0. The maximum absolute atomic E-state index is 11.3. The number of non-ortho nitro benzene ring substituents is 1. The van der Waals surface area contributed by atoms with Gasteiger partial charge in [0.15, 0.2) is 0 Å². The summed E-state index contributed by atoms with van der Waals surface area (Å²) in [4.78, 5) is 17.3. The number of rotatable bonds is 8. The number of aliphatic hydroxyl groups excluding tert-OH is 1. The molecule has 0 aliphatic rings. The van der Waals surface area contributed by atoms with Crippen LogP contribution in [0.2, 0.25) is 0 Å². The number of aryl methyl sites for hydroxylation is 1. The molecule has 0 saturated heterocycles. The van der Waals surface area contributed by atoms with E-state index in [-0.39, 0.29) is 16.7 Å². The average Bonchev–Trinajstić information content (AvgIpc) is 2.61. The smallest absolute Gasteiger partial charge is 0.270 e. The van der Waals surface area contributed by atoms with Crippen LogP contribution in [-0.4, -0.2) is 39.1 Å². The molecule has 134 valence electrons. The molecular formula is C19H25N3O3. The van der Waals surface area contributed by atoms with Gasteiger partial charge in [-0.05, 0) is 43.1 Å². The molecule has 1 aromatic heterocycles. The Balaban J connectivity index is 2.33. The first kappa shape index (κ1) is 19.0. The maximum atomic E-state index is 11.3. The number of nitro groups is 1. The van der Waals surface area contributed by atoms with Gasteiger partial charge in [-0.15, -0.1) is 0 Å². The second-order valence-electron chi connectivity index (χ2n) is 6.22. The van der Waals surface area contributed by atoms with Crippen LogP contribution < -0.4 is 0 Å². The molecule has 1 unspecified atom stereocenters. The molecule has 0 spiro atoms. The summed E-state index contributed by atoms with van der Waals surface area (Å²) < 4.78 is 0. The SMILES string of the molecule is CCC(O)CN(CC)Cc1cc(-c2ccc(C)nc2)cc([N+](=O)[O-])c1. The second-order valence-corrected chi connectivity index (χ2v) is 6.22. The van der Waals surface area contributed by atoms with Crippen LogP contribution in [0.25, 0.3) is 11.1 Å². The summed E-state index contributed by atoms with van der Waals surface area (Å²) in [5, 5.41) is 21.2. The van der Waals surface area contributed by atoms with E-state index in [2.05, 4.69) is 9.88 Å². The van der Waals surface area contributed by atoms with Gasteiger partial charge in [-0.2, -0.15) is 0 Å². The van der Waals surface area contributed by atoms with E-state index >= 15 is 0 Å². The van der Waals surface area contributed by atoms with E-state index in [1.54, 1.807) is 18.3 Å². The van der Waals surface area contributed by atoms with Crippen LogP contribution in [0.5, 0.6) is 0 Å². The topological polar surface area (TPSA) is 79.5 Å². The lowest BCUT2D eigenvalue weighted by atomic mass is 10.0. The summed E-state index contributed by atoms with van der Waals surface area (Å²) >= 11 is 0. The number of likely N-dealkylation sites (N-methyl/N-ethyl adjacent to an activating group) is 1. The summed E-state index contributed by atoms with van der Waals surface area (Å²) in [5.74, 6) is 0. The fraction of sp³-hybridized carbons (Fsp3) is 0.421. The highest BCUT2D eigenvalue weighted by Gasteiger charge is 2.14. The van der Waals surface area contributed by atoms with E-state index in [9.17, 15) is 15.2 Å². The van der Waals surface area contributed by atoms with Crippen molar-refractivity contribution < 1.29 is 10.0 Å². The highest BCUT2D eigenvalue weighted by Crippen LogP contribution is 2.26. The monoisotopic (exact) mass is 343 g/mol. The van der Waals surface area contributed by atoms with Gasteiger partial charge in [0.2, 0.25) is 0 Å². The molecule has 0 amide bonds. The Bertz CT molecular complexity index is 716. The highest BCUT2D eigenvalue weighted by atomic mass is 16.6. The van der Waals surface area contributed by atoms with Crippen molar-refractivity contribution in [2.24, 2.45) is 0 Å². The molecule has 0 fully saturated rings. The van der Waals surface area contributed by atoms with Gasteiger partial charge >= 0.3 is 0 Å². The van der Waals surface area contributed by atoms with Gasteiger partial charge < -0.3 is 5.11 Å². The average molecular weight is 343 g/mol. The molecule has 6 heteroatoms. The maximum Gasteiger partial charge on any atom is 0.270 e. The molecule has 0 aliphatic heterocycles. The first-order valence-corrected chi connectivity index (χ1v) is 8.54. The van der Waals surface area contributed by atoms with Crippen LogP contribution >= 0.6 is 0 Å². The van der Waals surface area contributed by atoms with Crippen molar-refractivity contribution in [3.05, 3.63) is 57.9 Å². The normalized spacial score (nSPS) is 12.4. The third kappa shape index (κ3) is 5.34. The number of nitrogens with zero attached hydrogens (tertiary/aromatic N) is 3. The second kappa shape index (κ2) is 8.69. The van der Waals surface area contributed by atoms with E-state index in [4.69, 9.17) is 0 Å². The van der Waals surface area contributed by atoms with Crippen molar-refractivity contribution >= 4 is 5.69 Å². The Morgan fingerprint density at radius 3 is 2.56 bits per heavy atom. The van der Waals surface area contributed by atoms with Crippen LogP contribution in [-0.2, 0) is 6.54 Å². The van der Waals surface area contributed by atoms with E-state index in [1.165, 1.54) is 0 Å². The van der Waals surface area contributed by atoms with Gasteiger partial charge in [-0.3, -0.25) is 20.0 Å². The van der Waals surface area contributed by atoms with Crippen molar-refractivity contribution in [2.75, 3.05) is 13.1 Å². The number of aromatic nitrogens is 1. The van der Waals surface area contributed by atoms with Crippen molar-refractivity contribution in [1.82, 2.24) is 9.88 Å². The Morgan fingerprint density at radius 2 is 2.00 bits per heavy atom. The molecule has 6 nitrogen and oxygen atoms in total. The molecule has 25 heavy (non-hydrogen) atoms. The first-order chi connectivity index (χ1) is 11.9. The Morgan fingerprint density at radius 1 is 1.24 bits per heavy atom. The molecule has 2 aromatic rings. The van der Waals surface area contributed by atoms with Crippen molar-refractivity contribution in [3.8, 4) is 11.1 Å². The number of nitro benzene ring substituents is 1. The van der Waals surface area contributed by atoms with E-state index in [1.807, 2.05) is 39.0 Å². The van der Waals surface area contributed by atoms with Crippen molar-refractivity contribution in [2.45, 2.75) is 39.8 Å². The van der Waals surface area contributed by atoms with Gasteiger partial charge in [-0.25, -0.2) is 0 Å². The quantitative estimate of drug-likeness (QED) is 0.585. The molecule has 1 atom stereocenters. The van der Waals surface area contributed by atoms with Gasteiger partial charge in [0.1, 0.15) is 0 Å². The minimum atomic E-state index is -0.389. The third-order valence-electron chi connectivity index (χ3n) is 4.23. The molecule has 0 saturated carbocycles. The number of pyridine rings is 1. The predicted octanol–water partition coefficient (Wildman–Crippen LogP) is 3.56. The highest BCUT2D eigenvalue weighted by molar-refractivity contribution is 5.66. The Labute approximate surface area is 148 Å². The van der Waals surface area contributed by atoms with Gasteiger partial charge in [0.05, 0.1) is 11.0 Å². The Kier molecular flexibility index (Phi) is 6.61. The zero-order chi connectivity index (χ0) is 18.4. The summed E-state index contributed by atoms with van der Waals surface area (Å²) in [7, 11) is 0. The molecule has 0 radical (unpaired) electrons. The Hall–Kier alpha value is -2.31. The van der Waals surface area contributed by atoms with Gasteiger partial charge in [0, 0.05) is 42.7 Å². The number of hydrogen-bond donors (Lipinski definition) is 1. The van der Waals surface area contributed by atoms with Crippen molar-refractivity contribution in [3.63, 3.8) is 0 Å². The molecule has 1 N–H and O–H groups in total. The van der Waals surface area contributed by atoms with Gasteiger partial charge in [0.25, 0.3) is 5.69 Å². The fourth-order valence-electron chi connectivity index (χ4n) is 2.67. The lowest BCUT2D eigenvalue weighted by molar-refractivity contribution is -0.384. The molecule has 0 aliphatic carbocycles. The summed E-state index contributed by atoms with van der Waals surface area (Å²) in [6.07, 6.45) is 2.03. The van der Waals surface area contributed by atoms with Crippen molar-refractivity contribution in [1.29, 1.82) is 0 Å². The molecule has 2 rings (SSSR count). The molecular weight excluding hydrogens is 318 g/mol. The third-order valence-corrected chi connectivity index (χ3v) is 4.23. The van der Waals surface area contributed by atoms with Crippen LogP contribution in [0, 0.1) is 17.0 Å². The van der Waals surface area contributed by atoms with Crippen LogP contribution in [0.1, 0.15) is 31.5 Å². The fourth-order valence-corrected chi connectivity index (χ4v) is 2.67. The number of benzene rings is 1. The van der Waals surface area contributed by atoms with E-state index < -0.39 is 0 Å². The zero-order valence-electron chi connectivity index (χ0n) is 15.0. The predicted molar refractivity (Wildman–Crippen MR) is 98.3 cm³/mol. The van der Waals surface area contributed by atoms with Crippen LogP contribution in [0.4, 0.5) is 5.69 Å². The summed E-state index contributed by atoms with van der Waals surface area (Å²) in [6.45, 7) is 7.74. The molecule has 1 aromatic carbocycles. The molecule has 1 heterocycles. The standard InChI is InChI=1S/C19H25N3O3/c1-4-19(23)13-21(5-2)12-15-8-17(10-18(9-15)22(24)25)16-7-6-14(3)20-11-16/h6-11,19,23H,4-5,12-13H2,1-3H3. The molecule has 0 bridgehead atoms. The van der Waals surface area contributed by atoms with E-state index in [0.717, 1.165) is 28.9 Å². The van der Waals surface area contributed by atoms with E-state index in [0.29, 0.717) is 19.5 Å². The first-order valence-electron chi connectivity index (χ1n) is 8.54. The lowest BCUT2D eigenvalue weighted by Crippen LogP contribution is -2.31. The summed E-state index contributed by atoms with van der Waals surface area (Å²) in [6, 6.07) is 8.95. The minimum absolute atomic E-state index is 0.0696. The number of hydrogen-bond acceptors (Lipinski definition) is 5. The van der Waals surface area contributed by atoms with Crippen LogP contribution in [0.3, 0.4) is 0 Å².